The van der Waals surface area contributed by atoms with Gasteiger partial charge in [-0.25, -0.2) is 0 Å². The molecule has 6 nitrogen and oxygen atoms in total. The summed E-state index contributed by atoms with van der Waals surface area (Å²) in [4.78, 5) is 21.8. The van der Waals surface area contributed by atoms with Gasteiger partial charge in [0.15, 0.2) is 0 Å². The third-order valence-electron chi connectivity index (χ3n) is 3.66. The molecule has 1 fully saturated rings. The molecule has 0 aromatic heterocycles. The molecular formula is C14H17NO5. The zero-order valence-corrected chi connectivity index (χ0v) is 11.5. The van der Waals surface area contributed by atoms with Crippen LogP contribution in [-0.2, 0) is 9.53 Å². The Morgan fingerprint density at radius 1 is 1.45 bits per heavy atom. The first-order chi connectivity index (χ1) is 9.46. The van der Waals surface area contributed by atoms with Crippen LogP contribution in [0.5, 0.6) is 5.75 Å². The van der Waals surface area contributed by atoms with Crippen molar-refractivity contribution >= 4 is 11.7 Å². The molecule has 0 amide bonds. The van der Waals surface area contributed by atoms with E-state index in [1.807, 2.05) is 0 Å². The van der Waals surface area contributed by atoms with Gasteiger partial charge in [0.05, 0.1) is 18.5 Å². The maximum absolute atomic E-state index is 11.4. The van der Waals surface area contributed by atoms with Crippen molar-refractivity contribution in [3.8, 4) is 5.75 Å². The molecule has 1 aromatic rings. The normalized spacial score (nSPS) is 16.1. The standard InChI is InChI=1S/C14H17NO5/c1-10-8-11(4-5-12(10)15(17)18)20-14(6-3-7-14)9-13(16)19-2/h4-5,8H,3,6-7,9H2,1-2H3. The van der Waals surface area contributed by atoms with Crippen molar-refractivity contribution in [3.63, 3.8) is 0 Å². The largest absolute Gasteiger partial charge is 0.487 e. The summed E-state index contributed by atoms with van der Waals surface area (Å²) >= 11 is 0. The highest BCUT2D eigenvalue weighted by Gasteiger charge is 2.42. The van der Waals surface area contributed by atoms with Crippen molar-refractivity contribution in [2.24, 2.45) is 0 Å². The molecule has 0 saturated heterocycles. The minimum Gasteiger partial charge on any atom is -0.487 e. The van der Waals surface area contributed by atoms with Gasteiger partial charge in [-0.05, 0) is 38.3 Å². The number of esters is 1. The number of rotatable bonds is 5. The number of methoxy groups -OCH3 is 1. The Kier molecular flexibility index (Phi) is 3.92. The zero-order chi connectivity index (χ0) is 14.8. The molecule has 0 unspecified atom stereocenters. The SMILES string of the molecule is COC(=O)CC1(Oc2ccc([N+](=O)[O-])c(C)c2)CCC1. The van der Waals surface area contributed by atoms with Gasteiger partial charge in [0, 0.05) is 11.6 Å². The highest BCUT2D eigenvalue weighted by molar-refractivity contribution is 5.70. The first-order valence-electron chi connectivity index (χ1n) is 6.47. The van der Waals surface area contributed by atoms with Gasteiger partial charge in [-0.3, -0.25) is 14.9 Å². The summed E-state index contributed by atoms with van der Waals surface area (Å²) in [5, 5.41) is 10.8. The number of nitro groups is 1. The van der Waals surface area contributed by atoms with Gasteiger partial charge >= 0.3 is 5.97 Å². The summed E-state index contributed by atoms with van der Waals surface area (Å²) in [6.07, 6.45) is 2.79. The molecule has 1 aliphatic carbocycles. The van der Waals surface area contributed by atoms with Gasteiger partial charge in [0.2, 0.25) is 0 Å². The summed E-state index contributed by atoms with van der Waals surface area (Å²) in [5.41, 5.74) is 0.0865. The molecule has 20 heavy (non-hydrogen) atoms. The lowest BCUT2D eigenvalue weighted by atomic mass is 9.77. The van der Waals surface area contributed by atoms with E-state index in [0.717, 1.165) is 19.3 Å². The predicted molar refractivity (Wildman–Crippen MR) is 71.7 cm³/mol. The minimum absolute atomic E-state index is 0.0629. The van der Waals surface area contributed by atoms with E-state index in [2.05, 4.69) is 4.74 Å². The molecule has 0 N–H and O–H groups in total. The topological polar surface area (TPSA) is 78.7 Å². The third kappa shape index (κ3) is 2.89. The lowest BCUT2D eigenvalue weighted by Gasteiger charge is -2.41. The van der Waals surface area contributed by atoms with Crippen molar-refractivity contribution in [2.75, 3.05) is 7.11 Å². The fourth-order valence-corrected chi connectivity index (χ4v) is 2.37. The van der Waals surface area contributed by atoms with Crippen molar-refractivity contribution in [3.05, 3.63) is 33.9 Å². The van der Waals surface area contributed by atoms with Gasteiger partial charge in [-0.15, -0.1) is 0 Å². The number of benzene rings is 1. The van der Waals surface area contributed by atoms with Crippen LogP contribution in [-0.4, -0.2) is 23.6 Å². The lowest BCUT2D eigenvalue weighted by molar-refractivity contribution is -0.385. The number of nitro benzene ring substituents is 1. The Morgan fingerprint density at radius 2 is 2.15 bits per heavy atom. The molecule has 2 rings (SSSR count). The lowest BCUT2D eigenvalue weighted by Crippen LogP contribution is -2.45. The van der Waals surface area contributed by atoms with Crippen LogP contribution in [0, 0.1) is 17.0 Å². The maximum atomic E-state index is 11.4. The van der Waals surface area contributed by atoms with Crippen molar-refractivity contribution in [2.45, 2.75) is 38.2 Å². The van der Waals surface area contributed by atoms with Gasteiger partial charge < -0.3 is 9.47 Å². The quantitative estimate of drug-likeness (QED) is 0.470. The van der Waals surface area contributed by atoms with Crippen LogP contribution in [0.1, 0.15) is 31.2 Å². The monoisotopic (exact) mass is 279 g/mol. The Bertz CT molecular complexity index is 536. The van der Waals surface area contributed by atoms with E-state index < -0.39 is 10.5 Å². The van der Waals surface area contributed by atoms with Crippen LogP contribution in [0.3, 0.4) is 0 Å². The van der Waals surface area contributed by atoms with Crippen LogP contribution >= 0.6 is 0 Å². The van der Waals surface area contributed by atoms with E-state index >= 15 is 0 Å². The van der Waals surface area contributed by atoms with Gasteiger partial charge in [-0.2, -0.15) is 0 Å². The Hall–Kier alpha value is -2.11. The van der Waals surface area contributed by atoms with E-state index in [0.29, 0.717) is 11.3 Å². The molecule has 1 aliphatic rings. The van der Waals surface area contributed by atoms with Crippen LogP contribution in [0.25, 0.3) is 0 Å². The summed E-state index contributed by atoms with van der Waals surface area (Å²) in [6, 6.07) is 4.63. The summed E-state index contributed by atoms with van der Waals surface area (Å²) in [6.45, 7) is 1.67. The second-order valence-electron chi connectivity index (χ2n) is 5.10. The number of aryl methyl sites for hydroxylation is 1. The number of hydrogen-bond donors (Lipinski definition) is 0. The zero-order valence-electron chi connectivity index (χ0n) is 11.5. The predicted octanol–water partition coefficient (Wildman–Crippen LogP) is 2.77. The van der Waals surface area contributed by atoms with Crippen molar-refractivity contribution in [1.82, 2.24) is 0 Å². The summed E-state index contributed by atoms with van der Waals surface area (Å²) in [7, 11) is 1.35. The fraction of sp³-hybridized carbons (Fsp3) is 0.500. The van der Waals surface area contributed by atoms with Crippen molar-refractivity contribution < 1.29 is 19.2 Å². The molecule has 6 heteroatoms. The maximum Gasteiger partial charge on any atom is 0.309 e. The molecule has 0 bridgehead atoms. The number of hydrogen-bond acceptors (Lipinski definition) is 5. The van der Waals surface area contributed by atoms with Crippen LogP contribution in [0.15, 0.2) is 18.2 Å². The summed E-state index contributed by atoms with van der Waals surface area (Å²) < 4.78 is 10.6. The Morgan fingerprint density at radius 3 is 2.60 bits per heavy atom. The number of ether oxygens (including phenoxy) is 2. The average molecular weight is 279 g/mol. The highest BCUT2D eigenvalue weighted by Crippen LogP contribution is 2.40. The van der Waals surface area contributed by atoms with Crippen molar-refractivity contribution in [1.29, 1.82) is 0 Å². The van der Waals surface area contributed by atoms with Gasteiger partial charge in [-0.1, -0.05) is 0 Å². The van der Waals surface area contributed by atoms with E-state index in [4.69, 9.17) is 4.74 Å². The van der Waals surface area contributed by atoms with E-state index in [1.54, 1.807) is 19.1 Å². The Labute approximate surface area is 116 Å². The first kappa shape index (κ1) is 14.3. The van der Waals surface area contributed by atoms with Gasteiger partial charge in [0.1, 0.15) is 11.4 Å². The van der Waals surface area contributed by atoms with Crippen LogP contribution < -0.4 is 4.74 Å². The smallest absolute Gasteiger partial charge is 0.309 e. The molecule has 1 saturated carbocycles. The van der Waals surface area contributed by atoms with E-state index in [-0.39, 0.29) is 18.1 Å². The number of nitrogens with zero attached hydrogens (tertiary/aromatic N) is 1. The molecule has 1 aromatic carbocycles. The number of carbonyl (C=O) groups is 1. The molecule has 0 atom stereocenters. The second kappa shape index (κ2) is 5.48. The minimum atomic E-state index is -0.518. The molecule has 0 aliphatic heterocycles. The Balaban J connectivity index is 2.14. The van der Waals surface area contributed by atoms with Gasteiger partial charge in [0.25, 0.3) is 5.69 Å². The summed E-state index contributed by atoms with van der Waals surface area (Å²) in [5.74, 6) is 0.250. The van der Waals surface area contributed by atoms with Crippen LogP contribution in [0.4, 0.5) is 5.69 Å². The third-order valence-corrected chi connectivity index (χ3v) is 3.66. The molecule has 0 spiro atoms. The highest BCUT2D eigenvalue weighted by atomic mass is 16.6. The average Bonchev–Trinajstić information content (AvgIpc) is 2.35. The molecule has 0 heterocycles. The molecule has 108 valence electrons. The fourth-order valence-electron chi connectivity index (χ4n) is 2.37. The number of carbonyl (C=O) groups excluding carboxylic acids is 1. The molecule has 0 radical (unpaired) electrons. The van der Waals surface area contributed by atoms with Crippen LogP contribution in [0.2, 0.25) is 0 Å². The van der Waals surface area contributed by atoms with E-state index in [9.17, 15) is 14.9 Å². The molecular weight excluding hydrogens is 262 g/mol. The second-order valence-corrected chi connectivity index (χ2v) is 5.10. The van der Waals surface area contributed by atoms with E-state index in [1.165, 1.54) is 13.2 Å². The first-order valence-corrected chi connectivity index (χ1v) is 6.47.